The number of fused-ring (bicyclic) bond motifs is 1. The number of nitrogens with zero attached hydrogens (tertiary/aromatic N) is 4. The molecule has 9 nitrogen and oxygen atoms in total. The van der Waals surface area contributed by atoms with Gasteiger partial charge >= 0.3 is 5.97 Å². The number of ether oxygens (including phenoxy) is 1. The molecule has 4 heterocycles. The van der Waals surface area contributed by atoms with Crippen LogP contribution in [-0.4, -0.2) is 51.3 Å². The molecular weight excluding hydrogens is 465 g/mol. The van der Waals surface area contributed by atoms with E-state index in [1.165, 1.54) is 12.5 Å². The van der Waals surface area contributed by atoms with Crippen LogP contribution in [0.4, 0.5) is 15.9 Å². The first-order valence-corrected chi connectivity index (χ1v) is 12.0. The van der Waals surface area contributed by atoms with Crippen LogP contribution in [0.25, 0.3) is 21.8 Å². The van der Waals surface area contributed by atoms with Crippen molar-refractivity contribution >= 4 is 39.3 Å². The molecule has 2 N–H and O–H groups in total. The monoisotopic (exact) mass is 491 g/mol. The first kappa shape index (κ1) is 23.5. The summed E-state index contributed by atoms with van der Waals surface area (Å²) in [6, 6.07) is 8.87. The van der Waals surface area contributed by atoms with Crippen molar-refractivity contribution in [3.05, 3.63) is 64.5 Å². The minimum Gasteiger partial charge on any atom is -0.487 e. The number of carbonyl (C=O) groups is 1. The van der Waals surface area contributed by atoms with Crippen LogP contribution in [0, 0.1) is 5.82 Å². The van der Waals surface area contributed by atoms with Gasteiger partial charge in [0.2, 0.25) is 5.43 Å². The topological polar surface area (TPSA) is 110 Å². The number of rotatable bonds is 4. The minimum atomic E-state index is -1.33. The second-order valence-corrected chi connectivity index (χ2v) is 8.47. The fourth-order valence-electron chi connectivity index (χ4n) is 4.89. The van der Waals surface area contributed by atoms with E-state index in [-0.39, 0.29) is 29.3 Å². The highest BCUT2D eigenvalue weighted by Crippen LogP contribution is 2.41. The lowest BCUT2D eigenvalue weighted by molar-refractivity contribution is 0.0694. The summed E-state index contributed by atoms with van der Waals surface area (Å²) in [6.45, 7) is 5.72. The van der Waals surface area contributed by atoms with Gasteiger partial charge < -0.3 is 24.6 Å². The van der Waals surface area contributed by atoms with E-state index in [0.717, 1.165) is 29.2 Å². The Morgan fingerprint density at radius 1 is 1.19 bits per heavy atom. The maximum absolute atomic E-state index is 15.4. The third kappa shape index (κ3) is 3.88. The van der Waals surface area contributed by atoms with Gasteiger partial charge in [-0.3, -0.25) is 4.79 Å². The predicted octanol–water partition coefficient (Wildman–Crippen LogP) is 3.89. The Kier molecular flexibility index (Phi) is 6.17. The van der Waals surface area contributed by atoms with Crippen molar-refractivity contribution in [1.29, 1.82) is 0 Å². The summed E-state index contributed by atoms with van der Waals surface area (Å²) < 4.78 is 22.9. The van der Waals surface area contributed by atoms with Gasteiger partial charge in [0.25, 0.3) is 0 Å². The quantitative estimate of drug-likeness (QED) is 0.443. The molecule has 0 aliphatic carbocycles. The molecule has 1 saturated heterocycles. The van der Waals surface area contributed by atoms with Crippen molar-refractivity contribution in [3.8, 4) is 5.75 Å². The first-order chi connectivity index (χ1) is 17.5. The molecule has 186 valence electrons. The zero-order valence-corrected chi connectivity index (χ0v) is 20.0. The fraction of sp³-hybridized carbons (Fsp3) is 0.308. The summed E-state index contributed by atoms with van der Waals surface area (Å²) in [7, 11) is 0. The number of carboxylic acids is 1. The molecule has 0 radical (unpaired) electrons. The van der Waals surface area contributed by atoms with Gasteiger partial charge in [0.05, 0.1) is 23.0 Å². The summed E-state index contributed by atoms with van der Waals surface area (Å²) >= 11 is 0. The molecule has 4 aromatic rings. The molecule has 1 fully saturated rings. The Morgan fingerprint density at radius 2 is 2.00 bits per heavy atom. The van der Waals surface area contributed by atoms with Gasteiger partial charge in [0.1, 0.15) is 30.0 Å². The van der Waals surface area contributed by atoms with Crippen LogP contribution >= 0.6 is 0 Å². The van der Waals surface area contributed by atoms with E-state index in [0.29, 0.717) is 30.8 Å². The molecule has 36 heavy (non-hydrogen) atoms. The number of aromatic carboxylic acids is 1. The van der Waals surface area contributed by atoms with E-state index in [1.54, 1.807) is 4.57 Å². The van der Waals surface area contributed by atoms with Crippen LogP contribution in [0.15, 0.2) is 47.7 Å². The Labute approximate surface area is 206 Å². The van der Waals surface area contributed by atoms with Crippen LogP contribution in [0.3, 0.4) is 0 Å². The molecule has 1 atom stereocenters. The SMILES string of the molecule is CC.O=C(O)c1cn2c3c(c(N4CC[C@@H](Nc5ncnc6ccccc56)C4)c(F)cc3c1=O)OCC2. The lowest BCUT2D eigenvalue weighted by atomic mass is 10.1. The van der Waals surface area contributed by atoms with E-state index in [4.69, 9.17) is 4.74 Å². The highest BCUT2D eigenvalue weighted by molar-refractivity contribution is 5.97. The van der Waals surface area contributed by atoms with Crippen molar-refractivity contribution in [1.82, 2.24) is 14.5 Å². The average molecular weight is 492 g/mol. The third-order valence-corrected chi connectivity index (χ3v) is 6.44. The lowest BCUT2D eigenvalue weighted by Gasteiger charge is -2.28. The molecule has 10 heteroatoms. The minimum absolute atomic E-state index is 0.0113. The van der Waals surface area contributed by atoms with Crippen molar-refractivity contribution in [2.45, 2.75) is 32.9 Å². The van der Waals surface area contributed by atoms with Gasteiger partial charge in [-0.15, -0.1) is 0 Å². The zero-order valence-electron chi connectivity index (χ0n) is 20.0. The van der Waals surface area contributed by atoms with Crippen LogP contribution in [0.5, 0.6) is 5.75 Å². The molecule has 2 aliphatic rings. The van der Waals surface area contributed by atoms with Gasteiger partial charge in [-0.25, -0.2) is 19.2 Å². The number of hydrogen-bond donors (Lipinski definition) is 2. The molecule has 0 spiro atoms. The van der Waals surface area contributed by atoms with E-state index in [1.807, 2.05) is 43.0 Å². The average Bonchev–Trinajstić information content (AvgIpc) is 3.35. The van der Waals surface area contributed by atoms with Gasteiger partial charge in [0, 0.05) is 30.7 Å². The zero-order chi connectivity index (χ0) is 25.4. The standard InChI is InChI=1S/C24H20FN5O4.C2H6/c25-17-9-15-19-22(34-8-7-30(19)11-16(21(15)31)24(32)33)20(17)29-6-5-13(10-29)28-23-14-3-1-2-4-18(14)26-12-27-23;1-2/h1-4,9,11-13H,5-8,10H2,(H,32,33)(H,26,27,28);1-2H3/t13-;/m1./s1. The molecule has 2 aromatic heterocycles. The summed E-state index contributed by atoms with van der Waals surface area (Å²) in [5, 5.41) is 13.8. The summed E-state index contributed by atoms with van der Waals surface area (Å²) in [5.74, 6) is -0.935. The second-order valence-electron chi connectivity index (χ2n) is 8.47. The van der Waals surface area contributed by atoms with E-state index >= 15 is 4.39 Å². The number of carboxylic acid groups (broad SMARTS) is 1. The van der Waals surface area contributed by atoms with Gasteiger partial charge in [-0.1, -0.05) is 26.0 Å². The Hall–Kier alpha value is -4.21. The molecule has 0 saturated carbocycles. The number of benzene rings is 2. The van der Waals surface area contributed by atoms with E-state index in [9.17, 15) is 14.7 Å². The first-order valence-electron chi connectivity index (χ1n) is 12.0. The number of halogens is 1. The number of aromatic nitrogens is 3. The van der Waals surface area contributed by atoms with Crippen molar-refractivity contribution in [3.63, 3.8) is 0 Å². The second kappa shape index (κ2) is 9.44. The molecule has 0 unspecified atom stereocenters. The summed E-state index contributed by atoms with van der Waals surface area (Å²) in [5.41, 5.74) is 0.464. The molecule has 2 aliphatic heterocycles. The summed E-state index contributed by atoms with van der Waals surface area (Å²) in [6.07, 6.45) is 3.58. The largest absolute Gasteiger partial charge is 0.487 e. The fourth-order valence-corrected chi connectivity index (χ4v) is 4.89. The van der Waals surface area contributed by atoms with Crippen LogP contribution in [-0.2, 0) is 6.54 Å². The van der Waals surface area contributed by atoms with Gasteiger partial charge in [-0.2, -0.15) is 0 Å². The van der Waals surface area contributed by atoms with Crippen LogP contribution < -0.4 is 20.4 Å². The van der Waals surface area contributed by atoms with Crippen LogP contribution in [0.2, 0.25) is 0 Å². The number of hydrogen-bond acceptors (Lipinski definition) is 7. The Balaban J connectivity index is 0.00000130. The molecule has 0 bridgehead atoms. The maximum atomic E-state index is 15.4. The van der Waals surface area contributed by atoms with Crippen LogP contribution in [0.1, 0.15) is 30.6 Å². The lowest BCUT2D eigenvalue weighted by Crippen LogP contribution is -2.29. The summed E-state index contributed by atoms with van der Waals surface area (Å²) in [4.78, 5) is 34.8. The van der Waals surface area contributed by atoms with Gasteiger partial charge in [0.15, 0.2) is 11.6 Å². The highest BCUT2D eigenvalue weighted by atomic mass is 19.1. The Morgan fingerprint density at radius 3 is 2.81 bits per heavy atom. The number of nitrogens with one attached hydrogen (secondary N) is 1. The third-order valence-electron chi connectivity index (χ3n) is 6.44. The molecule has 6 rings (SSSR count). The van der Waals surface area contributed by atoms with Crippen molar-refractivity contribution in [2.75, 3.05) is 29.9 Å². The molecular formula is C26H26FN5O4. The van der Waals surface area contributed by atoms with Crippen molar-refractivity contribution < 1.29 is 19.0 Å². The predicted molar refractivity (Wildman–Crippen MR) is 136 cm³/mol. The molecule has 2 aromatic carbocycles. The van der Waals surface area contributed by atoms with Crippen molar-refractivity contribution in [2.24, 2.45) is 0 Å². The van der Waals surface area contributed by atoms with E-state index < -0.39 is 17.2 Å². The highest BCUT2D eigenvalue weighted by Gasteiger charge is 2.32. The van der Waals surface area contributed by atoms with E-state index in [2.05, 4.69) is 15.3 Å². The van der Waals surface area contributed by atoms with Gasteiger partial charge in [-0.05, 0) is 24.6 Å². The molecule has 0 amide bonds. The number of pyridine rings is 1. The number of anilines is 2. The Bertz CT molecular complexity index is 1530. The smallest absolute Gasteiger partial charge is 0.341 e. The maximum Gasteiger partial charge on any atom is 0.341 e. The normalized spacial score (nSPS) is 16.4. The number of para-hydroxylation sites is 1.